The highest BCUT2D eigenvalue weighted by molar-refractivity contribution is 6.31. The number of allylic oxidation sites excluding steroid dienone is 4. The normalized spacial score (nSPS) is 28.3. The first-order chi connectivity index (χ1) is 22.9. The van der Waals surface area contributed by atoms with Crippen LogP contribution in [-0.2, 0) is 31.1 Å². The van der Waals surface area contributed by atoms with Crippen molar-refractivity contribution in [2.75, 3.05) is 0 Å². The van der Waals surface area contributed by atoms with Crippen LogP contribution < -0.4 is 0 Å². The number of hydrogen-bond donors (Lipinski definition) is 1. The van der Waals surface area contributed by atoms with Gasteiger partial charge in [0.25, 0.3) is 0 Å². The maximum absolute atomic E-state index is 15.0. The highest BCUT2D eigenvalue weighted by Gasteiger charge is 2.65. The van der Waals surface area contributed by atoms with Crippen molar-refractivity contribution in [3.05, 3.63) is 155 Å². The van der Waals surface area contributed by atoms with Gasteiger partial charge < -0.3 is 5.11 Å². The first-order valence-electron chi connectivity index (χ1n) is 16.2. The first-order valence-corrected chi connectivity index (χ1v) is 16.2. The molecule has 232 valence electrons. The van der Waals surface area contributed by atoms with Gasteiger partial charge in [-0.25, -0.2) is 0 Å². The Morgan fingerprint density at radius 2 is 1.43 bits per heavy atom. The van der Waals surface area contributed by atoms with Crippen LogP contribution in [0.25, 0.3) is 5.57 Å². The van der Waals surface area contributed by atoms with Crippen molar-refractivity contribution in [2.24, 2.45) is 23.7 Å². The van der Waals surface area contributed by atoms with E-state index in [-0.39, 0.29) is 42.1 Å². The third-order valence-electron chi connectivity index (χ3n) is 10.9. The summed E-state index contributed by atoms with van der Waals surface area (Å²) in [6.07, 6.45) is 4.18. The molecule has 2 fully saturated rings. The lowest BCUT2D eigenvalue weighted by molar-refractivity contribution is -0.141. The van der Waals surface area contributed by atoms with E-state index in [0.29, 0.717) is 23.1 Å². The number of imide groups is 1. The monoisotopic (exact) mass is 619 g/mol. The number of carbonyl (C=O) groups is 4. The second kappa shape index (κ2) is 11.2. The van der Waals surface area contributed by atoms with Gasteiger partial charge >= 0.3 is 0 Å². The van der Waals surface area contributed by atoms with Crippen LogP contribution in [0.2, 0.25) is 0 Å². The van der Waals surface area contributed by atoms with Gasteiger partial charge in [0.05, 0.1) is 23.8 Å². The van der Waals surface area contributed by atoms with Gasteiger partial charge in [0, 0.05) is 17.4 Å². The molecule has 0 bridgehead atoms. The minimum absolute atomic E-state index is 0.0509. The lowest BCUT2D eigenvalue weighted by Crippen LogP contribution is -2.58. The predicted molar refractivity (Wildman–Crippen MR) is 177 cm³/mol. The topological polar surface area (TPSA) is 91.8 Å². The summed E-state index contributed by atoms with van der Waals surface area (Å²) in [6.45, 7) is 0.194. The number of aromatic hydroxyl groups is 1. The molecule has 1 N–H and O–H groups in total. The first kappa shape index (κ1) is 29.1. The van der Waals surface area contributed by atoms with Crippen LogP contribution in [0.5, 0.6) is 5.75 Å². The summed E-state index contributed by atoms with van der Waals surface area (Å²) < 4.78 is 0. The summed E-state index contributed by atoms with van der Waals surface area (Å²) in [5.74, 6) is -3.76. The molecule has 0 spiro atoms. The van der Waals surface area contributed by atoms with Crippen LogP contribution >= 0.6 is 0 Å². The quantitative estimate of drug-likeness (QED) is 0.206. The number of phenolic OH excluding ortho intramolecular Hbond substituents is 1. The van der Waals surface area contributed by atoms with Crippen LogP contribution in [0.3, 0.4) is 0 Å². The van der Waals surface area contributed by atoms with Crippen molar-refractivity contribution >= 4 is 29.0 Å². The number of benzene rings is 4. The van der Waals surface area contributed by atoms with E-state index in [0.717, 1.165) is 16.7 Å². The van der Waals surface area contributed by atoms with E-state index in [2.05, 4.69) is 0 Å². The van der Waals surface area contributed by atoms with Crippen molar-refractivity contribution in [3.8, 4) is 5.75 Å². The van der Waals surface area contributed by atoms with Crippen molar-refractivity contribution in [3.63, 3.8) is 0 Å². The molecule has 6 nitrogen and oxygen atoms in total. The number of amides is 2. The van der Waals surface area contributed by atoms with Gasteiger partial charge in [0.15, 0.2) is 11.6 Å². The molecule has 6 heteroatoms. The fraction of sp³-hybridized carbons (Fsp3) is 0.220. The van der Waals surface area contributed by atoms with Gasteiger partial charge in [-0.1, -0.05) is 115 Å². The van der Waals surface area contributed by atoms with Crippen molar-refractivity contribution < 1.29 is 24.3 Å². The summed E-state index contributed by atoms with van der Waals surface area (Å²) in [4.78, 5) is 59.4. The van der Waals surface area contributed by atoms with E-state index in [1.807, 2.05) is 103 Å². The molecule has 4 aliphatic rings. The highest BCUT2D eigenvalue weighted by Crippen LogP contribution is 2.63. The van der Waals surface area contributed by atoms with Crippen molar-refractivity contribution in [2.45, 2.75) is 30.7 Å². The molecule has 2 amide bonds. The number of ketones is 2. The molecule has 0 radical (unpaired) electrons. The predicted octanol–water partition coefficient (Wildman–Crippen LogP) is 6.42. The number of phenols is 1. The van der Waals surface area contributed by atoms with Gasteiger partial charge in [-0.3, -0.25) is 24.1 Å². The standard InChI is InChI=1S/C41H33NO5/c43-29-18-10-15-27(21-29)37-30-19-20-31-36(40(47)42(39(31)46)24-25-11-4-1-5-12-25)33(30)22-34-38(45)32(26-13-6-2-7-14-26)23-35(44)41(34,37)28-16-8-3-9-17-28/h1-19,21,23,31,33-34,36-37,43H,20,22,24H2/t31-,33+,34-,36-,37-,41-/m0/s1. The zero-order valence-corrected chi connectivity index (χ0v) is 25.7. The maximum Gasteiger partial charge on any atom is 0.234 e. The molecule has 1 saturated carbocycles. The van der Waals surface area contributed by atoms with Gasteiger partial charge in [0.2, 0.25) is 11.8 Å². The average molecular weight is 620 g/mol. The molecule has 4 aromatic rings. The van der Waals surface area contributed by atoms with Gasteiger partial charge in [-0.15, -0.1) is 0 Å². The molecular weight excluding hydrogens is 586 g/mol. The minimum Gasteiger partial charge on any atom is -0.508 e. The summed E-state index contributed by atoms with van der Waals surface area (Å²) in [5, 5.41) is 10.7. The number of Topliss-reactive ketones (excluding diaryl/α,β-unsaturated/α-hetero) is 1. The largest absolute Gasteiger partial charge is 0.508 e. The molecule has 0 unspecified atom stereocenters. The zero-order chi connectivity index (χ0) is 32.3. The minimum atomic E-state index is -1.31. The highest BCUT2D eigenvalue weighted by atomic mass is 16.3. The number of nitrogens with zero attached hydrogens (tertiary/aromatic N) is 1. The molecule has 4 aromatic carbocycles. The maximum atomic E-state index is 15.0. The molecule has 1 heterocycles. The van der Waals surface area contributed by atoms with E-state index in [4.69, 9.17) is 0 Å². The van der Waals surface area contributed by atoms with Crippen LogP contribution in [0.1, 0.15) is 41.0 Å². The van der Waals surface area contributed by atoms with E-state index >= 15 is 0 Å². The van der Waals surface area contributed by atoms with E-state index in [1.165, 1.54) is 11.0 Å². The fourth-order valence-electron chi connectivity index (χ4n) is 8.94. The Kier molecular flexibility index (Phi) is 6.90. The molecule has 47 heavy (non-hydrogen) atoms. The van der Waals surface area contributed by atoms with Crippen LogP contribution in [0.4, 0.5) is 0 Å². The van der Waals surface area contributed by atoms with Crippen LogP contribution in [-0.4, -0.2) is 33.4 Å². The molecular formula is C41H33NO5. The lowest BCUT2D eigenvalue weighted by atomic mass is 9.44. The lowest BCUT2D eigenvalue weighted by Gasteiger charge is -2.55. The molecule has 1 aliphatic heterocycles. The SMILES string of the molecule is O=C1C(c2ccccc2)=CC(=O)[C@@]2(c3ccccc3)[C@@H](c3cccc(O)c3)C3=CC[C@@H]4C(=O)N(Cc5ccccc5)C(=O)[C@@H]4[C@@H]3C[C@@H]12. The van der Waals surface area contributed by atoms with Crippen molar-refractivity contribution in [1.82, 2.24) is 4.90 Å². The number of rotatable bonds is 5. The summed E-state index contributed by atoms with van der Waals surface area (Å²) in [5.41, 5.74) is 2.90. The number of carbonyl (C=O) groups excluding carboxylic acids is 4. The smallest absolute Gasteiger partial charge is 0.234 e. The summed E-state index contributed by atoms with van der Waals surface area (Å²) >= 11 is 0. The Morgan fingerprint density at radius 3 is 2.13 bits per heavy atom. The third kappa shape index (κ3) is 4.38. The number of hydrogen-bond acceptors (Lipinski definition) is 5. The summed E-state index contributed by atoms with van der Waals surface area (Å²) in [7, 11) is 0. The number of fused-ring (bicyclic) bond motifs is 4. The Morgan fingerprint density at radius 1 is 0.745 bits per heavy atom. The summed E-state index contributed by atoms with van der Waals surface area (Å²) in [6, 6.07) is 35.1. The van der Waals surface area contributed by atoms with Crippen molar-refractivity contribution in [1.29, 1.82) is 0 Å². The Bertz CT molecular complexity index is 1980. The molecule has 0 aromatic heterocycles. The van der Waals surface area contributed by atoms with Crippen LogP contribution in [0, 0.1) is 23.7 Å². The van der Waals surface area contributed by atoms with E-state index in [1.54, 1.807) is 18.2 Å². The second-order valence-corrected chi connectivity index (χ2v) is 13.1. The van der Waals surface area contributed by atoms with Gasteiger partial charge in [-0.05, 0) is 59.2 Å². The molecule has 3 aliphatic carbocycles. The van der Waals surface area contributed by atoms with Crippen LogP contribution in [0.15, 0.2) is 133 Å². The van der Waals surface area contributed by atoms with Gasteiger partial charge in [0.1, 0.15) is 5.75 Å². The molecule has 1 saturated heterocycles. The van der Waals surface area contributed by atoms with E-state index in [9.17, 15) is 24.3 Å². The fourth-order valence-corrected chi connectivity index (χ4v) is 8.94. The zero-order valence-electron chi connectivity index (χ0n) is 25.7. The number of likely N-dealkylation sites (tertiary alicyclic amines) is 1. The average Bonchev–Trinajstić information content (AvgIpc) is 3.34. The Labute approximate surface area is 273 Å². The molecule has 8 rings (SSSR count). The second-order valence-electron chi connectivity index (χ2n) is 13.1. The molecule has 6 atom stereocenters. The van der Waals surface area contributed by atoms with Gasteiger partial charge in [-0.2, -0.15) is 0 Å². The Balaban J connectivity index is 1.33. The third-order valence-corrected chi connectivity index (χ3v) is 10.9. The van der Waals surface area contributed by atoms with E-state index < -0.39 is 35.0 Å². The Hall–Kier alpha value is -5.36.